The van der Waals surface area contributed by atoms with Crippen molar-refractivity contribution in [3.8, 4) is 22.6 Å². The fourth-order valence-corrected chi connectivity index (χ4v) is 3.78. The molecular formula is C22H28O6. The van der Waals surface area contributed by atoms with E-state index in [9.17, 15) is 10.2 Å². The van der Waals surface area contributed by atoms with Crippen LogP contribution in [0.3, 0.4) is 0 Å². The standard InChI is InChI=1S/C22H28O6/c1-4-15-16(10-21-27-19(12-25-2)20(28-21)13-26-3)22(18(24)11-17(15)23)14-8-6-5-7-9-14/h5-9,11,19-21,23-24H,4,10,12-13H2,1-3H3/t19-,20-/m1/s1. The Kier molecular flexibility index (Phi) is 6.91. The average molecular weight is 388 g/mol. The highest BCUT2D eigenvalue weighted by Gasteiger charge is 2.37. The molecule has 0 bridgehead atoms. The van der Waals surface area contributed by atoms with Gasteiger partial charge in [-0.3, -0.25) is 0 Å². The minimum absolute atomic E-state index is 0.0378. The van der Waals surface area contributed by atoms with E-state index >= 15 is 0 Å². The molecule has 1 heterocycles. The van der Waals surface area contributed by atoms with Crippen LogP contribution in [-0.4, -0.2) is 56.1 Å². The van der Waals surface area contributed by atoms with Crippen LogP contribution in [-0.2, 0) is 31.8 Å². The van der Waals surface area contributed by atoms with Crippen LogP contribution >= 0.6 is 0 Å². The zero-order chi connectivity index (χ0) is 20.1. The summed E-state index contributed by atoms with van der Waals surface area (Å²) in [6, 6.07) is 11.0. The summed E-state index contributed by atoms with van der Waals surface area (Å²) in [6.45, 7) is 2.78. The van der Waals surface area contributed by atoms with Crippen LogP contribution < -0.4 is 0 Å². The molecule has 1 aliphatic rings. The lowest BCUT2D eigenvalue weighted by Gasteiger charge is -2.20. The predicted octanol–water partition coefficient (Wildman–Crippen LogP) is 3.27. The topological polar surface area (TPSA) is 77.4 Å². The quantitative estimate of drug-likeness (QED) is 0.723. The second-order valence-electron chi connectivity index (χ2n) is 6.86. The molecule has 0 saturated carbocycles. The van der Waals surface area contributed by atoms with Crippen molar-refractivity contribution in [2.45, 2.75) is 38.3 Å². The van der Waals surface area contributed by atoms with Crippen molar-refractivity contribution in [2.75, 3.05) is 27.4 Å². The number of methoxy groups -OCH3 is 2. The SMILES string of the molecule is CCc1c(O)cc(O)c(-c2ccccc2)c1CC1O[C@H](COC)[C@@H](COC)O1. The number of benzene rings is 2. The van der Waals surface area contributed by atoms with Crippen LogP contribution in [0, 0.1) is 0 Å². The summed E-state index contributed by atoms with van der Waals surface area (Å²) >= 11 is 0. The zero-order valence-corrected chi connectivity index (χ0v) is 16.6. The van der Waals surface area contributed by atoms with Crippen LogP contribution in [0.1, 0.15) is 18.1 Å². The highest BCUT2D eigenvalue weighted by atomic mass is 16.7. The van der Waals surface area contributed by atoms with E-state index in [2.05, 4.69) is 0 Å². The summed E-state index contributed by atoms with van der Waals surface area (Å²) in [7, 11) is 3.24. The second-order valence-corrected chi connectivity index (χ2v) is 6.86. The molecule has 1 aliphatic heterocycles. The smallest absolute Gasteiger partial charge is 0.162 e. The molecule has 1 fully saturated rings. The first kappa shape index (κ1) is 20.6. The molecule has 0 spiro atoms. The van der Waals surface area contributed by atoms with Gasteiger partial charge in [0.1, 0.15) is 23.7 Å². The lowest BCUT2D eigenvalue weighted by Crippen LogP contribution is -2.30. The molecule has 2 aromatic carbocycles. The number of phenols is 2. The van der Waals surface area contributed by atoms with E-state index in [1.54, 1.807) is 14.2 Å². The van der Waals surface area contributed by atoms with Crippen molar-refractivity contribution in [3.63, 3.8) is 0 Å². The van der Waals surface area contributed by atoms with Crippen LogP contribution in [0.15, 0.2) is 36.4 Å². The van der Waals surface area contributed by atoms with Crippen molar-refractivity contribution in [3.05, 3.63) is 47.5 Å². The first-order valence-corrected chi connectivity index (χ1v) is 9.49. The highest BCUT2D eigenvalue weighted by Crippen LogP contribution is 2.41. The Bertz CT molecular complexity index is 762. The molecule has 2 N–H and O–H groups in total. The van der Waals surface area contributed by atoms with Crippen LogP contribution in [0.4, 0.5) is 0 Å². The van der Waals surface area contributed by atoms with Crippen LogP contribution in [0.5, 0.6) is 11.5 Å². The maximum absolute atomic E-state index is 10.6. The lowest BCUT2D eigenvalue weighted by atomic mass is 9.90. The Balaban J connectivity index is 1.97. The molecule has 152 valence electrons. The number of ether oxygens (including phenoxy) is 4. The third kappa shape index (κ3) is 4.31. The summed E-state index contributed by atoms with van der Waals surface area (Å²) in [5.41, 5.74) is 3.18. The molecule has 2 aromatic rings. The third-order valence-electron chi connectivity index (χ3n) is 5.02. The Morgan fingerprint density at radius 1 is 0.893 bits per heavy atom. The van der Waals surface area contributed by atoms with E-state index in [0.717, 1.165) is 16.7 Å². The maximum atomic E-state index is 10.6. The summed E-state index contributed by atoms with van der Waals surface area (Å²) in [5.74, 6) is 0.116. The maximum Gasteiger partial charge on any atom is 0.162 e. The van der Waals surface area contributed by atoms with Gasteiger partial charge in [-0.1, -0.05) is 37.3 Å². The van der Waals surface area contributed by atoms with Gasteiger partial charge in [0.25, 0.3) is 0 Å². The van der Waals surface area contributed by atoms with E-state index in [-0.39, 0.29) is 23.7 Å². The summed E-state index contributed by atoms with van der Waals surface area (Å²) < 4.78 is 22.6. The van der Waals surface area contributed by atoms with Crippen LogP contribution in [0.2, 0.25) is 0 Å². The van der Waals surface area contributed by atoms with Crippen molar-refractivity contribution >= 4 is 0 Å². The van der Waals surface area contributed by atoms with E-state index in [1.165, 1.54) is 6.07 Å². The van der Waals surface area contributed by atoms with E-state index < -0.39 is 6.29 Å². The van der Waals surface area contributed by atoms with Gasteiger partial charge in [0.2, 0.25) is 0 Å². The van der Waals surface area contributed by atoms with Crippen LogP contribution in [0.25, 0.3) is 11.1 Å². The predicted molar refractivity (Wildman–Crippen MR) is 106 cm³/mol. The van der Waals surface area contributed by atoms with Crippen molar-refractivity contribution < 1.29 is 29.2 Å². The molecule has 3 rings (SSSR count). The van der Waals surface area contributed by atoms with Crippen molar-refractivity contribution in [1.82, 2.24) is 0 Å². The number of aromatic hydroxyl groups is 2. The van der Waals surface area contributed by atoms with Crippen molar-refractivity contribution in [2.24, 2.45) is 0 Å². The second kappa shape index (κ2) is 9.39. The molecule has 1 saturated heterocycles. The molecule has 6 nitrogen and oxygen atoms in total. The minimum atomic E-state index is -0.519. The zero-order valence-electron chi connectivity index (χ0n) is 16.6. The third-order valence-corrected chi connectivity index (χ3v) is 5.02. The molecule has 28 heavy (non-hydrogen) atoms. The fraction of sp³-hybridized carbons (Fsp3) is 0.455. The average Bonchev–Trinajstić information content (AvgIpc) is 3.04. The van der Waals surface area contributed by atoms with E-state index in [4.69, 9.17) is 18.9 Å². The van der Waals surface area contributed by atoms with E-state index in [1.807, 2.05) is 37.3 Å². The van der Waals surface area contributed by atoms with Gasteiger partial charge in [0, 0.05) is 32.3 Å². The number of rotatable bonds is 8. The minimum Gasteiger partial charge on any atom is -0.508 e. The fourth-order valence-electron chi connectivity index (χ4n) is 3.78. The Labute approximate surface area is 165 Å². The van der Waals surface area contributed by atoms with Gasteiger partial charge in [0.15, 0.2) is 6.29 Å². The molecule has 0 amide bonds. The summed E-state index contributed by atoms with van der Waals surface area (Å²) in [6.07, 6.45) is 0.0405. The highest BCUT2D eigenvalue weighted by molar-refractivity contribution is 5.77. The van der Waals surface area contributed by atoms with E-state index in [0.29, 0.717) is 31.6 Å². The van der Waals surface area contributed by atoms with Gasteiger partial charge >= 0.3 is 0 Å². The molecule has 2 atom stereocenters. The first-order valence-electron chi connectivity index (χ1n) is 9.49. The monoisotopic (exact) mass is 388 g/mol. The summed E-state index contributed by atoms with van der Waals surface area (Å²) in [5, 5.41) is 21.0. The van der Waals surface area contributed by atoms with Gasteiger partial charge in [-0.15, -0.1) is 0 Å². The number of phenolic OH excluding ortho intramolecular Hbond substituents is 2. The van der Waals surface area contributed by atoms with Crippen molar-refractivity contribution in [1.29, 1.82) is 0 Å². The molecule has 0 aromatic heterocycles. The normalized spacial score (nSPS) is 20.0. The molecule has 0 aliphatic carbocycles. The molecule has 0 unspecified atom stereocenters. The number of hydrogen-bond donors (Lipinski definition) is 2. The Hall–Kier alpha value is -2.12. The molecular weight excluding hydrogens is 360 g/mol. The Morgan fingerprint density at radius 2 is 1.50 bits per heavy atom. The van der Waals surface area contributed by atoms with Gasteiger partial charge in [-0.25, -0.2) is 0 Å². The number of hydrogen-bond acceptors (Lipinski definition) is 6. The van der Waals surface area contributed by atoms with Gasteiger partial charge < -0.3 is 29.2 Å². The molecule has 0 radical (unpaired) electrons. The first-order chi connectivity index (χ1) is 13.6. The molecule has 6 heteroatoms. The largest absolute Gasteiger partial charge is 0.508 e. The summed E-state index contributed by atoms with van der Waals surface area (Å²) in [4.78, 5) is 0. The Morgan fingerprint density at radius 3 is 2.04 bits per heavy atom. The van der Waals surface area contributed by atoms with Gasteiger partial charge in [-0.05, 0) is 23.1 Å². The van der Waals surface area contributed by atoms with Gasteiger partial charge in [0.05, 0.1) is 13.2 Å². The lowest BCUT2D eigenvalue weighted by molar-refractivity contribution is -0.0752. The van der Waals surface area contributed by atoms with Gasteiger partial charge in [-0.2, -0.15) is 0 Å².